The monoisotopic (exact) mass is 463 g/mol. The Morgan fingerprint density at radius 1 is 1.33 bits per heavy atom. The van der Waals surface area contributed by atoms with Gasteiger partial charge >= 0.3 is 0 Å². The van der Waals surface area contributed by atoms with E-state index in [0.29, 0.717) is 12.6 Å². The average Bonchev–Trinajstić information content (AvgIpc) is 3.00. The number of thioether (sulfide) groups is 1. The molecule has 0 amide bonds. The Kier molecular flexibility index (Phi) is 9.88. The van der Waals surface area contributed by atoms with Crippen molar-refractivity contribution in [1.29, 1.82) is 0 Å². The number of methoxy groups -OCH3 is 1. The third kappa shape index (κ3) is 6.70. The van der Waals surface area contributed by atoms with Crippen LogP contribution in [0.4, 0.5) is 0 Å². The number of aryl methyl sites for hydroxylation is 1. The summed E-state index contributed by atoms with van der Waals surface area (Å²) in [6.45, 7) is 5.72. The third-order valence-electron chi connectivity index (χ3n) is 4.17. The summed E-state index contributed by atoms with van der Waals surface area (Å²) < 4.78 is 5.34. The van der Waals surface area contributed by atoms with E-state index in [2.05, 4.69) is 42.9 Å². The molecule has 6 heteroatoms. The molecule has 1 fully saturated rings. The Morgan fingerprint density at radius 2 is 2.12 bits per heavy atom. The van der Waals surface area contributed by atoms with E-state index in [1.165, 1.54) is 30.4 Å². The third-order valence-corrected chi connectivity index (χ3v) is 5.26. The summed E-state index contributed by atoms with van der Waals surface area (Å²) in [6, 6.07) is 6.80. The maximum absolute atomic E-state index is 5.34. The van der Waals surface area contributed by atoms with Gasteiger partial charge in [-0.05, 0) is 62.6 Å². The summed E-state index contributed by atoms with van der Waals surface area (Å²) >= 11 is 1.98. The van der Waals surface area contributed by atoms with Gasteiger partial charge in [-0.2, -0.15) is 11.8 Å². The van der Waals surface area contributed by atoms with Gasteiger partial charge in [-0.3, -0.25) is 0 Å². The zero-order valence-corrected chi connectivity index (χ0v) is 18.2. The van der Waals surface area contributed by atoms with Crippen LogP contribution in [0.2, 0.25) is 0 Å². The molecule has 2 atom stereocenters. The second-order valence-electron chi connectivity index (χ2n) is 6.07. The maximum Gasteiger partial charge on any atom is 0.191 e. The summed E-state index contributed by atoms with van der Waals surface area (Å²) in [5, 5.41) is 7.73. The Morgan fingerprint density at radius 3 is 2.75 bits per heavy atom. The minimum Gasteiger partial charge on any atom is -0.497 e. The molecule has 1 aromatic rings. The molecule has 0 aliphatic heterocycles. The van der Waals surface area contributed by atoms with Gasteiger partial charge in [0.1, 0.15) is 5.75 Å². The van der Waals surface area contributed by atoms with Gasteiger partial charge in [0.05, 0.1) is 13.7 Å². The molecule has 1 aliphatic rings. The molecule has 2 rings (SSSR count). The molecule has 136 valence electrons. The molecule has 1 saturated carbocycles. The highest BCUT2D eigenvalue weighted by molar-refractivity contribution is 14.0. The van der Waals surface area contributed by atoms with Crippen molar-refractivity contribution in [3.05, 3.63) is 29.3 Å². The number of benzene rings is 1. The van der Waals surface area contributed by atoms with E-state index >= 15 is 0 Å². The van der Waals surface area contributed by atoms with E-state index in [4.69, 9.17) is 9.73 Å². The van der Waals surface area contributed by atoms with E-state index in [1.54, 1.807) is 7.11 Å². The van der Waals surface area contributed by atoms with E-state index in [-0.39, 0.29) is 24.0 Å². The van der Waals surface area contributed by atoms with Gasteiger partial charge in [0.15, 0.2) is 5.96 Å². The lowest BCUT2D eigenvalue weighted by molar-refractivity contribution is 0.414. The predicted molar refractivity (Wildman–Crippen MR) is 116 cm³/mol. The van der Waals surface area contributed by atoms with Crippen LogP contribution in [0.5, 0.6) is 5.75 Å². The molecule has 0 spiro atoms. The first kappa shape index (κ1) is 21.4. The molecule has 2 N–H and O–H groups in total. The summed E-state index contributed by atoms with van der Waals surface area (Å²) in [5.41, 5.74) is 2.37. The van der Waals surface area contributed by atoms with Gasteiger partial charge in [-0.1, -0.05) is 6.07 Å². The largest absolute Gasteiger partial charge is 0.497 e. The maximum atomic E-state index is 5.34. The first-order chi connectivity index (χ1) is 11.1. The van der Waals surface area contributed by atoms with Crippen LogP contribution in [0.3, 0.4) is 0 Å². The summed E-state index contributed by atoms with van der Waals surface area (Å²) in [6.07, 6.45) is 5.96. The first-order valence-electron chi connectivity index (χ1n) is 8.36. The number of rotatable bonds is 6. The number of ether oxygens (including phenoxy) is 1. The molecule has 1 aromatic carbocycles. The predicted octanol–water partition coefficient (Wildman–Crippen LogP) is 3.96. The number of halogens is 1. The number of nitrogens with zero attached hydrogens (tertiary/aromatic N) is 1. The second kappa shape index (κ2) is 11.1. The minimum atomic E-state index is 0. The minimum absolute atomic E-state index is 0. The zero-order valence-electron chi connectivity index (χ0n) is 15.1. The Labute approximate surface area is 167 Å². The van der Waals surface area contributed by atoms with Crippen molar-refractivity contribution in [2.45, 2.75) is 50.9 Å². The van der Waals surface area contributed by atoms with Crippen LogP contribution in [0.25, 0.3) is 0 Å². The fourth-order valence-electron chi connectivity index (χ4n) is 3.00. The molecule has 2 unspecified atom stereocenters. The molecule has 0 heterocycles. The van der Waals surface area contributed by atoms with Gasteiger partial charge in [0, 0.05) is 17.8 Å². The molecule has 1 aliphatic carbocycles. The Hall–Kier alpha value is -0.630. The molecular weight excluding hydrogens is 433 g/mol. The van der Waals surface area contributed by atoms with Gasteiger partial charge < -0.3 is 15.4 Å². The number of aliphatic imine (C=N–C) groups is 1. The van der Waals surface area contributed by atoms with Crippen molar-refractivity contribution < 1.29 is 4.74 Å². The Balaban J connectivity index is 0.00000288. The van der Waals surface area contributed by atoms with Crippen molar-refractivity contribution in [3.63, 3.8) is 0 Å². The highest BCUT2D eigenvalue weighted by atomic mass is 127. The number of hydrogen-bond donors (Lipinski definition) is 2. The number of hydrogen-bond acceptors (Lipinski definition) is 3. The van der Waals surface area contributed by atoms with E-state index in [1.807, 2.05) is 17.8 Å². The molecule has 0 aromatic heterocycles. The highest BCUT2D eigenvalue weighted by Gasteiger charge is 2.24. The fraction of sp³-hybridized carbons (Fsp3) is 0.611. The molecule has 4 nitrogen and oxygen atoms in total. The topological polar surface area (TPSA) is 45.7 Å². The smallest absolute Gasteiger partial charge is 0.191 e. The normalized spacial score (nSPS) is 20.4. The van der Waals surface area contributed by atoms with E-state index in [0.717, 1.165) is 23.5 Å². The van der Waals surface area contributed by atoms with Crippen molar-refractivity contribution in [3.8, 4) is 5.75 Å². The number of nitrogens with one attached hydrogen (secondary N) is 2. The van der Waals surface area contributed by atoms with Gasteiger partial charge in [-0.15, -0.1) is 24.0 Å². The standard InChI is InChI=1S/C18H29N3OS.HI/c1-5-19-18(21-15-6-7-17(11-15)23-4)20-12-14-8-13(2)9-16(10-14)22-3;/h8-10,15,17H,5-7,11-12H2,1-4H3,(H2,19,20,21);1H. The van der Waals surface area contributed by atoms with Gasteiger partial charge in [0.2, 0.25) is 0 Å². The summed E-state index contributed by atoms with van der Waals surface area (Å²) in [7, 11) is 1.70. The van der Waals surface area contributed by atoms with Crippen LogP contribution in [0.1, 0.15) is 37.3 Å². The molecule has 0 bridgehead atoms. The average molecular weight is 463 g/mol. The van der Waals surface area contributed by atoms with Crippen LogP contribution in [-0.4, -0.2) is 37.2 Å². The van der Waals surface area contributed by atoms with Crippen LogP contribution < -0.4 is 15.4 Å². The van der Waals surface area contributed by atoms with Crippen LogP contribution in [0.15, 0.2) is 23.2 Å². The molecular formula is C18H30IN3OS. The molecule has 0 radical (unpaired) electrons. The zero-order chi connectivity index (χ0) is 16.7. The highest BCUT2D eigenvalue weighted by Crippen LogP contribution is 2.28. The first-order valence-corrected chi connectivity index (χ1v) is 9.65. The van der Waals surface area contributed by atoms with Gasteiger partial charge in [-0.25, -0.2) is 4.99 Å². The summed E-state index contributed by atoms with van der Waals surface area (Å²) in [5.74, 6) is 1.81. The molecule has 0 saturated heterocycles. The SMILES string of the molecule is CCNC(=NCc1cc(C)cc(OC)c1)NC1CCC(SC)C1.I. The van der Waals surface area contributed by atoms with Crippen LogP contribution in [-0.2, 0) is 6.54 Å². The summed E-state index contributed by atoms with van der Waals surface area (Å²) in [4.78, 5) is 4.75. The quantitative estimate of drug-likeness (QED) is 0.381. The van der Waals surface area contributed by atoms with Crippen LogP contribution >= 0.6 is 35.7 Å². The van der Waals surface area contributed by atoms with Crippen molar-refractivity contribution in [2.75, 3.05) is 19.9 Å². The lowest BCUT2D eigenvalue weighted by Gasteiger charge is -2.17. The lowest BCUT2D eigenvalue weighted by Crippen LogP contribution is -2.42. The van der Waals surface area contributed by atoms with Crippen molar-refractivity contribution in [1.82, 2.24) is 10.6 Å². The number of guanidine groups is 1. The van der Waals surface area contributed by atoms with Gasteiger partial charge in [0.25, 0.3) is 0 Å². The Bertz CT molecular complexity index is 539. The lowest BCUT2D eigenvalue weighted by atomic mass is 10.1. The fourth-order valence-corrected chi connectivity index (χ4v) is 3.80. The van der Waals surface area contributed by atoms with E-state index in [9.17, 15) is 0 Å². The van der Waals surface area contributed by atoms with Crippen molar-refractivity contribution in [2.24, 2.45) is 4.99 Å². The van der Waals surface area contributed by atoms with E-state index < -0.39 is 0 Å². The second-order valence-corrected chi connectivity index (χ2v) is 7.20. The van der Waals surface area contributed by atoms with Crippen molar-refractivity contribution >= 4 is 41.7 Å². The molecule has 24 heavy (non-hydrogen) atoms. The van der Waals surface area contributed by atoms with Crippen LogP contribution in [0, 0.1) is 6.92 Å².